The van der Waals surface area contributed by atoms with Gasteiger partial charge in [-0.25, -0.2) is 4.57 Å². The van der Waals surface area contributed by atoms with Gasteiger partial charge in [-0.1, -0.05) is 101 Å². The molecule has 0 aliphatic rings. The molecule has 0 fully saturated rings. The van der Waals surface area contributed by atoms with Crippen molar-refractivity contribution in [2.75, 3.05) is 21.3 Å². The van der Waals surface area contributed by atoms with Gasteiger partial charge in [-0.15, -0.1) is 0 Å². The van der Waals surface area contributed by atoms with Gasteiger partial charge in [0.1, 0.15) is 23.8 Å². The molecule has 4 nitrogen and oxygen atoms in total. The zero-order valence-electron chi connectivity index (χ0n) is 27.1. The summed E-state index contributed by atoms with van der Waals surface area (Å²) in [7, 11) is 5.16. The van der Waals surface area contributed by atoms with Crippen LogP contribution < -0.4 is 35.2 Å². The number of nitrogens with zero attached hydrogens (tertiary/aromatic N) is 1. The number of pyridine rings is 1. The normalized spacial score (nSPS) is 10.9. The van der Waals surface area contributed by atoms with Gasteiger partial charge in [-0.2, -0.15) is 22.7 Å². The van der Waals surface area contributed by atoms with Crippen molar-refractivity contribution in [3.8, 4) is 17.2 Å². The van der Waals surface area contributed by atoms with Crippen LogP contribution in [-0.2, 0) is 6.54 Å². The number of unbranched alkanes of at least 4 members (excludes halogenated alkanes) is 6. The number of hydrogen-bond donors (Lipinski definition) is 0. The van der Waals surface area contributed by atoms with Gasteiger partial charge in [0.2, 0.25) is 0 Å². The first-order valence-electron chi connectivity index (χ1n) is 16.2. The van der Waals surface area contributed by atoms with Crippen LogP contribution in [0.5, 0.6) is 17.2 Å². The minimum atomic E-state index is -1.17. The summed E-state index contributed by atoms with van der Waals surface area (Å²) in [5.41, 5.74) is 4.00. The Balaban J connectivity index is 0.000000428. The highest BCUT2D eigenvalue weighted by Gasteiger charge is 2.29. The molecule has 43 heavy (non-hydrogen) atoms. The van der Waals surface area contributed by atoms with Crippen LogP contribution in [0.15, 0.2) is 103 Å². The molecule has 0 saturated heterocycles. The molecule has 5 heteroatoms. The summed E-state index contributed by atoms with van der Waals surface area (Å²) in [6, 6.07) is 32.1. The lowest BCUT2D eigenvalue weighted by Gasteiger charge is -2.43. The first kappa shape index (κ1) is 33.8. The predicted molar refractivity (Wildman–Crippen MR) is 183 cm³/mol. The Bertz CT molecular complexity index is 1160. The monoisotopic (exact) mass is 581 g/mol. The molecule has 0 aliphatic carbocycles. The number of methoxy groups -OCH3 is 3. The minimum absolute atomic E-state index is 0.882. The maximum absolute atomic E-state index is 5.46. The zero-order valence-corrected chi connectivity index (χ0v) is 27.1. The van der Waals surface area contributed by atoms with Gasteiger partial charge in [0.05, 0.1) is 27.5 Å². The molecular formula is C38H52BNO3. The van der Waals surface area contributed by atoms with Crippen LogP contribution in [0.2, 0.25) is 6.32 Å². The largest absolute Gasteiger partial charge is 0.497 e. The SMILES string of the molecule is CCCCCCCC[B-](c1ccc(OC)cc1)(c1ccc(OC)cc1)c1ccc(OC)cc1.CCCC[n+]1ccccc1. The molecule has 0 amide bonds. The van der Waals surface area contributed by atoms with Gasteiger partial charge in [0.15, 0.2) is 12.4 Å². The summed E-state index contributed by atoms with van der Waals surface area (Å²) in [5.74, 6) is 2.65. The third-order valence-electron chi connectivity index (χ3n) is 8.59. The van der Waals surface area contributed by atoms with Crippen LogP contribution in [0, 0.1) is 0 Å². The van der Waals surface area contributed by atoms with Crippen molar-refractivity contribution in [1.82, 2.24) is 0 Å². The molecule has 4 rings (SSSR count). The van der Waals surface area contributed by atoms with E-state index in [4.69, 9.17) is 14.2 Å². The molecule has 0 radical (unpaired) electrons. The number of rotatable bonds is 16. The molecule has 1 aromatic heterocycles. The molecule has 230 valence electrons. The van der Waals surface area contributed by atoms with Crippen molar-refractivity contribution in [1.29, 1.82) is 0 Å². The van der Waals surface area contributed by atoms with Crippen molar-refractivity contribution in [3.05, 3.63) is 103 Å². The number of ether oxygens (including phenoxy) is 3. The highest BCUT2D eigenvalue weighted by molar-refractivity contribution is 7.11. The minimum Gasteiger partial charge on any atom is -0.497 e. The van der Waals surface area contributed by atoms with Gasteiger partial charge in [0.25, 0.3) is 0 Å². The zero-order chi connectivity index (χ0) is 30.8. The van der Waals surface area contributed by atoms with Crippen LogP contribution in [0.1, 0.15) is 65.2 Å². The molecule has 4 aromatic rings. The predicted octanol–water partition coefficient (Wildman–Crippen LogP) is 7.32. The standard InChI is InChI=1S/C29H38BO3.C9H14N/c1-5-6-7-8-9-10-23-30(24-11-17-27(31-2)18-12-24,25-13-19-28(32-3)20-14-25)26-15-21-29(33-4)22-16-26;1-2-3-7-10-8-5-4-6-9-10/h11-22H,5-10,23H2,1-4H3;4-6,8-9H,2-3,7H2,1H3/q-1;+1. The fourth-order valence-corrected chi connectivity index (χ4v) is 6.03. The van der Waals surface area contributed by atoms with E-state index in [1.54, 1.807) is 21.3 Å². The highest BCUT2D eigenvalue weighted by atomic mass is 16.5. The summed E-state index contributed by atoms with van der Waals surface area (Å²) in [6.45, 7) is 5.63. The molecule has 3 aromatic carbocycles. The van der Waals surface area contributed by atoms with Crippen LogP contribution in [0.3, 0.4) is 0 Å². The Hall–Kier alpha value is -3.73. The topological polar surface area (TPSA) is 31.6 Å². The van der Waals surface area contributed by atoms with E-state index in [2.05, 4.69) is 116 Å². The first-order chi connectivity index (χ1) is 21.1. The Morgan fingerprint density at radius 3 is 1.28 bits per heavy atom. The van der Waals surface area contributed by atoms with Crippen molar-refractivity contribution in [2.24, 2.45) is 0 Å². The summed E-state index contributed by atoms with van der Waals surface area (Å²) < 4.78 is 18.6. The second-order valence-electron chi connectivity index (χ2n) is 11.4. The van der Waals surface area contributed by atoms with Gasteiger partial charge < -0.3 is 14.2 Å². The number of benzene rings is 3. The van der Waals surface area contributed by atoms with E-state index >= 15 is 0 Å². The highest BCUT2D eigenvalue weighted by Crippen LogP contribution is 2.22. The van der Waals surface area contributed by atoms with Gasteiger partial charge in [0, 0.05) is 18.6 Å². The second-order valence-corrected chi connectivity index (χ2v) is 11.4. The smallest absolute Gasteiger partial charge is 0.168 e. The number of aryl methyl sites for hydroxylation is 1. The summed E-state index contributed by atoms with van der Waals surface area (Å²) >= 11 is 0. The van der Waals surface area contributed by atoms with E-state index in [1.165, 1.54) is 67.8 Å². The Labute approximate surface area is 261 Å². The lowest BCUT2D eigenvalue weighted by Crippen LogP contribution is -2.66. The summed E-state index contributed by atoms with van der Waals surface area (Å²) in [4.78, 5) is 0. The van der Waals surface area contributed by atoms with Crippen LogP contribution in [0.4, 0.5) is 0 Å². The van der Waals surface area contributed by atoms with E-state index in [0.717, 1.165) is 30.1 Å². The van der Waals surface area contributed by atoms with Gasteiger partial charge in [-0.3, -0.25) is 0 Å². The fraction of sp³-hybridized carbons (Fsp3) is 0.395. The lowest BCUT2D eigenvalue weighted by atomic mass is 9.14. The first-order valence-corrected chi connectivity index (χ1v) is 16.2. The van der Waals surface area contributed by atoms with E-state index in [9.17, 15) is 0 Å². The molecule has 1 heterocycles. The number of hydrogen-bond acceptors (Lipinski definition) is 3. The molecule has 0 atom stereocenters. The molecule has 0 unspecified atom stereocenters. The maximum Gasteiger partial charge on any atom is 0.168 e. The van der Waals surface area contributed by atoms with Crippen LogP contribution >= 0.6 is 0 Å². The molecule has 0 aliphatic heterocycles. The van der Waals surface area contributed by atoms with Crippen molar-refractivity contribution in [3.63, 3.8) is 0 Å². The van der Waals surface area contributed by atoms with Gasteiger partial charge in [-0.05, 0) is 36.4 Å². The molecular weight excluding hydrogens is 529 g/mol. The third-order valence-corrected chi connectivity index (χ3v) is 8.59. The molecule has 0 spiro atoms. The Morgan fingerprint density at radius 2 is 0.884 bits per heavy atom. The molecule has 0 N–H and O–H groups in total. The fourth-order valence-electron chi connectivity index (χ4n) is 6.03. The maximum atomic E-state index is 5.46. The third kappa shape index (κ3) is 9.91. The summed E-state index contributed by atoms with van der Waals surface area (Å²) in [6.07, 6.45) is 14.3. The van der Waals surface area contributed by atoms with E-state index in [0.29, 0.717) is 0 Å². The van der Waals surface area contributed by atoms with Crippen LogP contribution in [0.25, 0.3) is 0 Å². The Morgan fingerprint density at radius 1 is 0.488 bits per heavy atom. The van der Waals surface area contributed by atoms with E-state index in [1.807, 2.05) is 6.07 Å². The Kier molecular flexibility index (Phi) is 14.7. The summed E-state index contributed by atoms with van der Waals surface area (Å²) in [5, 5.41) is 0. The average molecular weight is 582 g/mol. The quantitative estimate of drug-likeness (QED) is 0.0790. The average Bonchev–Trinajstić information content (AvgIpc) is 3.08. The molecule has 0 saturated carbocycles. The van der Waals surface area contributed by atoms with Crippen molar-refractivity contribution < 1.29 is 18.8 Å². The van der Waals surface area contributed by atoms with E-state index in [-0.39, 0.29) is 0 Å². The van der Waals surface area contributed by atoms with E-state index < -0.39 is 6.15 Å². The van der Waals surface area contributed by atoms with Gasteiger partial charge >= 0.3 is 0 Å². The van der Waals surface area contributed by atoms with Crippen molar-refractivity contribution >= 4 is 22.5 Å². The van der Waals surface area contributed by atoms with Crippen molar-refractivity contribution in [2.45, 2.75) is 78.1 Å². The molecule has 0 bridgehead atoms. The second kappa shape index (κ2) is 18.7. The number of aromatic nitrogens is 1. The lowest BCUT2D eigenvalue weighted by molar-refractivity contribution is -0.697. The van der Waals surface area contributed by atoms with Crippen LogP contribution in [-0.4, -0.2) is 27.5 Å².